The fourth-order valence-corrected chi connectivity index (χ4v) is 3.33. The molecule has 114 valence electrons. The smallest absolute Gasteiger partial charge is 0.240 e. The molecule has 0 amide bonds. The van der Waals surface area contributed by atoms with Crippen molar-refractivity contribution in [1.29, 1.82) is 0 Å². The van der Waals surface area contributed by atoms with Gasteiger partial charge < -0.3 is 9.84 Å². The maximum absolute atomic E-state index is 12.2. The second-order valence-electron chi connectivity index (χ2n) is 5.02. The van der Waals surface area contributed by atoms with Gasteiger partial charge in [-0.1, -0.05) is 11.8 Å². The summed E-state index contributed by atoms with van der Waals surface area (Å²) in [4.78, 5) is 0.230. The lowest BCUT2D eigenvalue weighted by Crippen LogP contribution is -2.29. The van der Waals surface area contributed by atoms with Crippen molar-refractivity contribution in [2.45, 2.75) is 18.2 Å². The Morgan fingerprint density at radius 3 is 2.90 bits per heavy atom. The first kappa shape index (κ1) is 16.0. The van der Waals surface area contributed by atoms with E-state index in [0.717, 1.165) is 12.0 Å². The lowest BCUT2D eigenvalue weighted by molar-refractivity contribution is 0.186. The Morgan fingerprint density at radius 1 is 1.48 bits per heavy atom. The van der Waals surface area contributed by atoms with Crippen LogP contribution in [0.4, 0.5) is 0 Å². The summed E-state index contributed by atoms with van der Waals surface area (Å²) in [7, 11) is -3.51. The first-order valence-electron chi connectivity index (χ1n) is 6.81. The van der Waals surface area contributed by atoms with Gasteiger partial charge in [0.15, 0.2) is 0 Å². The van der Waals surface area contributed by atoms with E-state index in [0.29, 0.717) is 25.3 Å². The van der Waals surface area contributed by atoms with Crippen LogP contribution < -0.4 is 4.72 Å². The van der Waals surface area contributed by atoms with E-state index in [1.807, 2.05) is 0 Å². The molecule has 5 nitrogen and oxygen atoms in total. The topological polar surface area (TPSA) is 75.6 Å². The molecule has 2 N–H and O–H groups in total. The largest absolute Gasteiger partial charge is 0.384 e. The second-order valence-corrected chi connectivity index (χ2v) is 6.79. The fraction of sp³-hybridized carbons (Fsp3) is 0.467. The number of hydrogen-bond donors (Lipinski definition) is 2. The van der Waals surface area contributed by atoms with Gasteiger partial charge in [0.2, 0.25) is 10.0 Å². The van der Waals surface area contributed by atoms with E-state index in [4.69, 9.17) is 9.84 Å². The van der Waals surface area contributed by atoms with Gasteiger partial charge in [0.25, 0.3) is 0 Å². The van der Waals surface area contributed by atoms with Gasteiger partial charge in [0.05, 0.1) is 11.5 Å². The molecule has 1 saturated heterocycles. The molecule has 1 aromatic rings. The summed E-state index contributed by atoms with van der Waals surface area (Å²) >= 11 is 0. The van der Waals surface area contributed by atoms with Crippen molar-refractivity contribution in [2.75, 3.05) is 26.4 Å². The highest BCUT2D eigenvalue weighted by molar-refractivity contribution is 7.89. The molecule has 1 aliphatic heterocycles. The molecule has 0 bridgehead atoms. The third-order valence-electron chi connectivity index (χ3n) is 3.40. The lowest BCUT2D eigenvalue weighted by atomic mass is 10.1. The standard InChI is InChI=1S/C15H19NO4S/c1-12-9-15(5-4-14(12)3-2-7-17)21(18,19)16-10-13-6-8-20-11-13/h4-5,9,13,16-17H,6-8,10-11H2,1H3. The zero-order valence-corrected chi connectivity index (χ0v) is 12.7. The van der Waals surface area contributed by atoms with Crippen molar-refractivity contribution < 1.29 is 18.3 Å². The Balaban J connectivity index is 2.10. The van der Waals surface area contributed by atoms with E-state index in [9.17, 15) is 8.42 Å². The number of hydrogen-bond acceptors (Lipinski definition) is 4. The molecule has 0 aromatic heterocycles. The van der Waals surface area contributed by atoms with Crippen molar-refractivity contribution in [3.05, 3.63) is 29.3 Å². The first-order chi connectivity index (χ1) is 10.0. The Hall–Kier alpha value is -1.39. The quantitative estimate of drug-likeness (QED) is 0.801. The van der Waals surface area contributed by atoms with Crippen molar-refractivity contribution >= 4 is 10.0 Å². The predicted octanol–water partition coefficient (Wildman–Crippen LogP) is 0.654. The van der Waals surface area contributed by atoms with Gasteiger partial charge in [-0.05, 0) is 43.0 Å². The van der Waals surface area contributed by atoms with E-state index in [1.54, 1.807) is 19.1 Å². The van der Waals surface area contributed by atoms with Gasteiger partial charge >= 0.3 is 0 Å². The summed E-state index contributed by atoms with van der Waals surface area (Å²) in [6.45, 7) is 3.28. The van der Waals surface area contributed by atoms with E-state index in [2.05, 4.69) is 16.6 Å². The molecular weight excluding hydrogens is 290 g/mol. The number of nitrogens with one attached hydrogen (secondary N) is 1. The Kier molecular flexibility index (Phi) is 5.37. The van der Waals surface area contributed by atoms with Crippen molar-refractivity contribution in [2.24, 2.45) is 5.92 Å². The van der Waals surface area contributed by atoms with Gasteiger partial charge in [-0.25, -0.2) is 13.1 Å². The predicted molar refractivity (Wildman–Crippen MR) is 79.3 cm³/mol. The van der Waals surface area contributed by atoms with Crippen LogP contribution in [-0.4, -0.2) is 39.9 Å². The molecule has 6 heteroatoms. The molecule has 0 saturated carbocycles. The number of benzene rings is 1. The Morgan fingerprint density at radius 2 is 2.29 bits per heavy atom. The molecule has 1 aromatic carbocycles. The number of sulfonamides is 1. The minimum absolute atomic E-state index is 0.218. The highest BCUT2D eigenvalue weighted by Gasteiger charge is 2.20. The van der Waals surface area contributed by atoms with Crippen molar-refractivity contribution in [1.82, 2.24) is 4.72 Å². The number of aryl methyl sites for hydroxylation is 1. The molecular formula is C15H19NO4S. The zero-order chi connectivity index (χ0) is 15.3. The molecule has 0 spiro atoms. The summed E-state index contributed by atoms with van der Waals surface area (Å²) < 4.78 is 32.3. The van der Waals surface area contributed by atoms with Crippen LogP contribution >= 0.6 is 0 Å². The lowest BCUT2D eigenvalue weighted by Gasteiger charge is -2.11. The number of aliphatic hydroxyl groups excluding tert-OH is 1. The molecule has 2 rings (SSSR count). The fourth-order valence-electron chi connectivity index (χ4n) is 2.13. The minimum atomic E-state index is -3.51. The van der Waals surface area contributed by atoms with Gasteiger partial charge in [-0.2, -0.15) is 0 Å². The van der Waals surface area contributed by atoms with Crippen molar-refractivity contribution in [3.8, 4) is 11.8 Å². The highest BCUT2D eigenvalue weighted by atomic mass is 32.2. The average Bonchev–Trinajstić information content (AvgIpc) is 2.97. The van der Waals surface area contributed by atoms with E-state index >= 15 is 0 Å². The van der Waals surface area contributed by atoms with Crippen LogP contribution in [0.25, 0.3) is 0 Å². The monoisotopic (exact) mass is 309 g/mol. The van der Waals surface area contributed by atoms with Crippen LogP contribution in [0, 0.1) is 24.7 Å². The Labute approximate surface area is 125 Å². The molecule has 1 fully saturated rings. The third-order valence-corrected chi connectivity index (χ3v) is 4.82. The van der Waals surface area contributed by atoms with Crippen LogP contribution in [0.2, 0.25) is 0 Å². The van der Waals surface area contributed by atoms with Crippen LogP contribution in [0.3, 0.4) is 0 Å². The van der Waals surface area contributed by atoms with Crippen LogP contribution in [-0.2, 0) is 14.8 Å². The van der Waals surface area contributed by atoms with E-state index in [1.165, 1.54) is 6.07 Å². The molecule has 21 heavy (non-hydrogen) atoms. The SMILES string of the molecule is Cc1cc(S(=O)(=O)NCC2CCOC2)ccc1C#CCO. The summed E-state index contributed by atoms with van der Waals surface area (Å²) in [5.41, 5.74) is 1.48. The van der Waals surface area contributed by atoms with Gasteiger partial charge in [0.1, 0.15) is 6.61 Å². The summed E-state index contributed by atoms with van der Waals surface area (Å²) in [5.74, 6) is 5.58. The van der Waals surface area contributed by atoms with Gasteiger partial charge in [0, 0.05) is 18.7 Å². The minimum Gasteiger partial charge on any atom is -0.384 e. The normalized spacial score (nSPS) is 18.3. The maximum Gasteiger partial charge on any atom is 0.240 e. The molecule has 1 atom stereocenters. The van der Waals surface area contributed by atoms with Gasteiger partial charge in [-0.15, -0.1) is 0 Å². The third kappa shape index (κ3) is 4.29. The number of ether oxygens (including phenoxy) is 1. The summed E-state index contributed by atoms with van der Waals surface area (Å²) in [6.07, 6.45) is 0.886. The average molecular weight is 309 g/mol. The van der Waals surface area contributed by atoms with Crippen LogP contribution in [0.5, 0.6) is 0 Å². The van der Waals surface area contributed by atoms with Crippen LogP contribution in [0.1, 0.15) is 17.5 Å². The highest BCUT2D eigenvalue weighted by Crippen LogP contribution is 2.16. The molecule has 1 heterocycles. The van der Waals surface area contributed by atoms with E-state index < -0.39 is 10.0 Å². The second kappa shape index (κ2) is 7.05. The first-order valence-corrected chi connectivity index (χ1v) is 8.29. The van der Waals surface area contributed by atoms with Crippen LogP contribution in [0.15, 0.2) is 23.1 Å². The molecule has 0 aliphatic carbocycles. The number of aliphatic hydroxyl groups is 1. The molecule has 0 radical (unpaired) electrons. The molecule has 1 unspecified atom stereocenters. The Bertz CT molecular complexity index is 652. The molecule has 1 aliphatic rings. The zero-order valence-electron chi connectivity index (χ0n) is 11.9. The van der Waals surface area contributed by atoms with Crippen molar-refractivity contribution in [3.63, 3.8) is 0 Å². The summed E-state index contributed by atoms with van der Waals surface area (Å²) in [6, 6.07) is 4.78. The van der Waals surface area contributed by atoms with E-state index in [-0.39, 0.29) is 17.4 Å². The maximum atomic E-state index is 12.2. The van der Waals surface area contributed by atoms with Gasteiger partial charge in [-0.3, -0.25) is 0 Å². The number of rotatable bonds is 4. The summed E-state index contributed by atoms with van der Waals surface area (Å²) in [5, 5.41) is 8.69.